The maximum absolute atomic E-state index is 13.7. The Balaban J connectivity index is 2.58. The van der Waals surface area contributed by atoms with Crippen LogP contribution in [0.4, 0.5) is 4.39 Å². The molecule has 0 unspecified atom stereocenters. The van der Waals surface area contributed by atoms with Crippen LogP contribution in [0.2, 0.25) is 0 Å². The quantitative estimate of drug-likeness (QED) is 0.878. The van der Waals surface area contributed by atoms with E-state index in [9.17, 15) is 9.18 Å². The van der Waals surface area contributed by atoms with Crippen molar-refractivity contribution >= 4 is 5.97 Å². The van der Waals surface area contributed by atoms with Crippen molar-refractivity contribution < 1.29 is 14.3 Å². The highest BCUT2D eigenvalue weighted by atomic mass is 19.1. The summed E-state index contributed by atoms with van der Waals surface area (Å²) < 4.78 is 13.7. The minimum absolute atomic E-state index is 0.0780. The fourth-order valence-electron chi connectivity index (χ4n) is 1.64. The topological polar surface area (TPSA) is 61.1 Å². The standard InChI is InChI=1S/C14H8FNO2/c15-13-5-4-9(8-16)6-12(13)10-2-1-3-11(7-10)14(17)18/h1-7H,(H,17,18). The SMILES string of the molecule is N#Cc1ccc(F)c(-c2cccc(C(=O)O)c2)c1. The molecule has 4 heteroatoms. The summed E-state index contributed by atoms with van der Waals surface area (Å²) >= 11 is 0. The third-order valence-corrected chi connectivity index (χ3v) is 2.52. The van der Waals surface area contributed by atoms with Crippen molar-refractivity contribution in [2.45, 2.75) is 0 Å². The molecule has 2 aromatic rings. The van der Waals surface area contributed by atoms with Gasteiger partial charge in [0, 0.05) is 5.56 Å². The Labute approximate surface area is 103 Å². The molecule has 0 aliphatic heterocycles. The summed E-state index contributed by atoms with van der Waals surface area (Å²) in [4.78, 5) is 10.8. The molecule has 0 fully saturated rings. The summed E-state index contributed by atoms with van der Waals surface area (Å²) in [6.45, 7) is 0. The molecule has 0 aromatic heterocycles. The van der Waals surface area contributed by atoms with E-state index in [0.29, 0.717) is 11.1 Å². The molecule has 0 atom stereocenters. The van der Waals surface area contributed by atoms with E-state index in [-0.39, 0.29) is 11.1 Å². The number of nitrogens with zero attached hydrogens (tertiary/aromatic N) is 1. The molecule has 2 aromatic carbocycles. The van der Waals surface area contributed by atoms with E-state index in [1.54, 1.807) is 6.07 Å². The minimum atomic E-state index is -1.08. The van der Waals surface area contributed by atoms with Gasteiger partial charge in [0.15, 0.2) is 0 Å². The average Bonchev–Trinajstić information content (AvgIpc) is 2.39. The van der Waals surface area contributed by atoms with Crippen molar-refractivity contribution in [1.82, 2.24) is 0 Å². The van der Waals surface area contributed by atoms with Crippen molar-refractivity contribution in [3.05, 3.63) is 59.4 Å². The number of halogens is 1. The Morgan fingerprint density at radius 3 is 2.67 bits per heavy atom. The first kappa shape index (κ1) is 11.8. The van der Waals surface area contributed by atoms with E-state index < -0.39 is 11.8 Å². The number of carboxylic acid groups (broad SMARTS) is 1. The third-order valence-electron chi connectivity index (χ3n) is 2.52. The molecule has 0 bridgehead atoms. The Hall–Kier alpha value is -2.67. The summed E-state index contributed by atoms with van der Waals surface area (Å²) in [5.41, 5.74) is 1.06. The Kier molecular flexibility index (Phi) is 3.07. The zero-order valence-electron chi connectivity index (χ0n) is 9.22. The van der Waals surface area contributed by atoms with E-state index in [4.69, 9.17) is 10.4 Å². The van der Waals surface area contributed by atoms with Crippen LogP contribution in [0.15, 0.2) is 42.5 Å². The predicted octanol–water partition coefficient (Wildman–Crippen LogP) is 3.06. The molecule has 18 heavy (non-hydrogen) atoms. The highest BCUT2D eigenvalue weighted by molar-refractivity contribution is 5.89. The molecule has 3 nitrogen and oxygen atoms in total. The van der Waals surface area contributed by atoms with Crippen LogP contribution >= 0.6 is 0 Å². The van der Waals surface area contributed by atoms with Gasteiger partial charge in [0.05, 0.1) is 17.2 Å². The summed E-state index contributed by atoms with van der Waals surface area (Å²) in [7, 11) is 0. The molecule has 0 radical (unpaired) electrons. The maximum atomic E-state index is 13.7. The molecular weight excluding hydrogens is 233 g/mol. The van der Waals surface area contributed by atoms with Gasteiger partial charge in [-0.15, -0.1) is 0 Å². The zero-order valence-corrected chi connectivity index (χ0v) is 9.22. The van der Waals surface area contributed by atoms with E-state index in [2.05, 4.69) is 0 Å². The van der Waals surface area contributed by atoms with Gasteiger partial charge >= 0.3 is 5.97 Å². The van der Waals surface area contributed by atoms with Crippen molar-refractivity contribution in [3.8, 4) is 17.2 Å². The zero-order chi connectivity index (χ0) is 13.1. The van der Waals surface area contributed by atoms with E-state index in [1.165, 1.54) is 36.4 Å². The second-order valence-electron chi connectivity index (χ2n) is 3.69. The molecule has 0 amide bonds. The van der Waals surface area contributed by atoms with Gasteiger partial charge in [-0.1, -0.05) is 12.1 Å². The lowest BCUT2D eigenvalue weighted by molar-refractivity contribution is 0.0697. The first-order valence-electron chi connectivity index (χ1n) is 5.15. The molecular formula is C14H8FNO2. The van der Waals surface area contributed by atoms with Crippen LogP contribution < -0.4 is 0 Å². The second kappa shape index (κ2) is 4.68. The Morgan fingerprint density at radius 1 is 1.22 bits per heavy atom. The Bertz CT molecular complexity index is 659. The van der Waals surface area contributed by atoms with Gasteiger partial charge in [0.2, 0.25) is 0 Å². The lowest BCUT2D eigenvalue weighted by atomic mass is 10.0. The van der Waals surface area contributed by atoms with E-state index in [0.717, 1.165) is 0 Å². The van der Waals surface area contributed by atoms with Gasteiger partial charge in [-0.3, -0.25) is 0 Å². The second-order valence-corrected chi connectivity index (χ2v) is 3.69. The molecule has 0 aliphatic rings. The molecule has 0 saturated heterocycles. The fourth-order valence-corrected chi connectivity index (χ4v) is 1.64. The van der Waals surface area contributed by atoms with Crippen molar-refractivity contribution in [3.63, 3.8) is 0 Å². The lowest BCUT2D eigenvalue weighted by Gasteiger charge is -2.05. The normalized spacial score (nSPS) is 9.78. The van der Waals surface area contributed by atoms with Crippen LogP contribution in [0, 0.1) is 17.1 Å². The first-order valence-corrected chi connectivity index (χ1v) is 5.15. The van der Waals surface area contributed by atoms with Crippen molar-refractivity contribution in [2.75, 3.05) is 0 Å². The Morgan fingerprint density at radius 2 is 2.00 bits per heavy atom. The number of carbonyl (C=O) groups is 1. The third kappa shape index (κ3) is 2.20. The number of aromatic carboxylic acids is 1. The summed E-state index contributed by atoms with van der Waals surface area (Å²) in [5, 5.41) is 17.7. The summed E-state index contributed by atoms with van der Waals surface area (Å²) in [6, 6.07) is 11.8. The van der Waals surface area contributed by atoms with Gasteiger partial charge in [-0.2, -0.15) is 5.26 Å². The first-order chi connectivity index (χ1) is 8.61. The van der Waals surface area contributed by atoms with E-state index in [1.807, 2.05) is 6.07 Å². The average molecular weight is 241 g/mol. The molecule has 0 heterocycles. The molecule has 0 aliphatic carbocycles. The number of hydrogen-bond donors (Lipinski definition) is 1. The number of carboxylic acids is 1. The van der Waals surface area contributed by atoms with Gasteiger partial charge in [0.25, 0.3) is 0 Å². The predicted molar refractivity (Wildman–Crippen MR) is 63.5 cm³/mol. The fraction of sp³-hybridized carbons (Fsp3) is 0. The van der Waals surface area contributed by atoms with Crippen LogP contribution in [0.5, 0.6) is 0 Å². The molecule has 88 valence electrons. The minimum Gasteiger partial charge on any atom is -0.478 e. The number of nitriles is 1. The van der Waals surface area contributed by atoms with Crippen LogP contribution in [0.1, 0.15) is 15.9 Å². The number of hydrogen-bond acceptors (Lipinski definition) is 2. The molecule has 2 rings (SSSR count). The van der Waals surface area contributed by atoms with Crippen LogP contribution in [-0.2, 0) is 0 Å². The van der Waals surface area contributed by atoms with Crippen molar-refractivity contribution in [1.29, 1.82) is 5.26 Å². The van der Waals surface area contributed by atoms with Gasteiger partial charge in [-0.25, -0.2) is 9.18 Å². The van der Waals surface area contributed by atoms with Gasteiger partial charge in [0.1, 0.15) is 5.82 Å². The van der Waals surface area contributed by atoms with Gasteiger partial charge in [-0.05, 0) is 35.9 Å². The molecule has 0 saturated carbocycles. The monoisotopic (exact) mass is 241 g/mol. The largest absolute Gasteiger partial charge is 0.478 e. The highest BCUT2D eigenvalue weighted by Crippen LogP contribution is 2.24. The highest BCUT2D eigenvalue weighted by Gasteiger charge is 2.09. The maximum Gasteiger partial charge on any atom is 0.335 e. The van der Waals surface area contributed by atoms with Gasteiger partial charge < -0.3 is 5.11 Å². The van der Waals surface area contributed by atoms with Crippen LogP contribution in [0.25, 0.3) is 11.1 Å². The van der Waals surface area contributed by atoms with Crippen molar-refractivity contribution in [2.24, 2.45) is 0 Å². The van der Waals surface area contributed by atoms with E-state index >= 15 is 0 Å². The van der Waals surface area contributed by atoms with Crippen LogP contribution in [0.3, 0.4) is 0 Å². The summed E-state index contributed by atoms with van der Waals surface area (Å²) in [5.74, 6) is -1.56. The number of rotatable bonds is 2. The molecule has 0 spiro atoms. The molecule has 1 N–H and O–H groups in total. The van der Waals surface area contributed by atoms with Crippen LogP contribution in [-0.4, -0.2) is 11.1 Å². The summed E-state index contributed by atoms with van der Waals surface area (Å²) in [6.07, 6.45) is 0. The smallest absolute Gasteiger partial charge is 0.335 e. The lowest BCUT2D eigenvalue weighted by Crippen LogP contribution is -1.96. The number of benzene rings is 2.